The lowest BCUT2D eigenvalue weighted by Crippen LogP contribution is -2.13. The highest BCUT2D eigenvalue weighted by atomic mass is 19.1. The minimum absolute atomic E-state index is 0.177. The second-order valence-corrected chi connectivity index (χ2v) is 5.95. The second-order valence-electron chi connectivity index (χ2n) is 5.95. The highest BCUT2D eigenvalue weighted by Crippen LogP contribution is 2.43. The quantitative estimate of drug-likeness (QED) is 0.872. The monoisotopic (exact) mass is 284 g/mol. The first kappa shape index (κ1) is 13.9. The molecule has 110 valence electrons. The Hall–Kier alpha value is -2.03. The van der Waals surface area contributed by atoms with E-state index in [0.29, 0.717) is 5.92 Å². The molecule has 21 heavy (non-hydrogen) atoms. The summed E-state index contributed by atoms with van der Waals surface area (Å²) < 4.78 is 13.1. The van der Waals surface area contributed by atoms with Gasteiger partial charge in [-0.1, -0.05) is 12.1 Å². The van der Waals surface area contributed by atoms with Crippen molar-refractivity contribution in [2.45, 2.75) is 18.9 Å². The van der Waals surface area contributed by atoms with Crippen molar-refractivity contribution in [3.8, 4) is 0 Å². The third-order valence-electron chi connectivity index (χ3n) is 4.03. The van der Waals surface area contributed by atoms with Crippen molar-refractivity contribution in [1.29, 1.82) is 0 Å². The second kappa shape index (κ2) is 5.76. The molecule has 3 heteroatoms. The smallest absolute Gasteiger partial charge is 0.123 e. The first-order valence-electron chi connectivity index (χ1n) is 7.43. The van der Waals surface area contributed by atoms with Gasteiger partial charge in [-0.05, 0) is 60.7 Å². The molecule has 0 saturated heterocycles. The van der Waals surface area contributed by atoms with Gasteiger partial charge in [-0.2, -0.15) is 0 Å². The van der Waals surface area contributed by atoms with Crippen molar-refractivity contribution in [1.82, 2.24) is 0 Å². The van der Waals surface area contributed by atoms with Gasteiger partial charge in [0.15, 0.2) is 0 Å². The summed E-state index contributed by atoms with van der Waals surface area (Å²) in [5, 5.41) is 3.60. The molecule has 1 fully saturated rings. The van der Waals surface area contributed by atoms with E-state index in [1.54, 1.807) is 12.1 Å². The van der Waals surface area contributed by atoms with E-state index in [0.717, 1.165) is 11.3 Å². The van der Waals surface area contributed by atoms with E-state index in [1.165, 1.54) is 18.5 Å². The number of halogens is 1. The van der Waals surface area contributed by atoms with Crippen molar-refractivity contribution in [2.24, 2.45) is 5.92 Å². The van der Waals surface area contributed by atoms with Gasteiger partial charge in [-0.15, -0.1) is 0 Å². The summed E-state index contributed by atoms with van der Waals surface area (Å²) in [6.45, 7) is 0. The third kappa shape index (κ3) is 3.35. The van der Waals surface area contributed by atoms with Crippen molar-refractivity contribution < 1.29 is 4.39 Å². The lowest BCUT2D eigenvalue weighted by Gasteiger charge is -2.21. The highest BCUT2D eigenvalue weighted by Gasteiger charge is 2.32. The van der Waals surface area contributed by atoms with Crippen molar-refractivity contribution >= 4 is 11.4 Å². The Bertz CT molecular complexity index is 586. The summed E-state index contributed by atoms with van der Waals surface area (Å²) in [5.41, 5.74) is 3.46. The number of nitrogens with zero attached hydrogens (tertiary/aromatic N) is 1. The fourth-order valence-electron chi connectivity index (χ4n) is 2.61. The molecule has 0 bridgehead atoms. The molecule has 0 aliphatic heterocycles. The topological polar surface area (TPSA) is 15.3 Å². The molecule has 0 spiro atoms. The largest absolute Gasteiger partial charge is 0.378 e. The molecule has 2 aromatic carbocycles. The molecule has 1 unspecified atom stereocenters. The molecule has 1 atom stereocenters. The normalized spacial score (nSPS) is 15.6. The van der Waals surface area contributed by atoms with Crippen LogP contribution in [0.25, 0.3) is 0 Å². The van der Waals surface area contributed by atoms with Crippen molar-refractivity contribution in [3.05, 3.63) is 59.9 Å². The third-order valence-corrected chi connectivity index (χ3v) is 4.03. The van der Waals surface area contributed by atoms with E-state index in [2.05, 4.69) is 34.5 Å². The van der Waals surface area contributed by atoms with Crippen LogP contribution in [0.15, 0.2) is 48.5 Å². The highest BCUT2D eigenvalue weighted by molar-refractivity contribution is 5.55. The Morgan fingerprint density at radius 1 is 1.00 bits per heavy atom. The standard InChI is InChI=1S/C18H21FN2/c1-21(2)17-11-9-16(10-12-17)20-18(13-3-4-13)14-5-7-15(19)8-6-14/h5-13,18,20H,3-4H2,1-2H3. The fourth-order valence-corrected chi connectivity index (χ4v) is 2.61. The maximum atomic E-state index is 13.1. The van der Waals surface area contributed by atoms with Gasteiger partial charge in [0.2, 0.25) is 0 Å². The van der Waals surface area contributed by atoms with E-state index in [4.69, 9.17) is 0 Å². The Labute approximate surface area is 125 Å². The van der Waals surface area contributed by atoms with Gasteiger partial charge in [-0.25, -0.2) is 4.39 Å². The zero-order valence-electron chi connectivity index (χ0n) is 12.5. The first-order chi connectivity index (χ1) is 10.1. The van der Waals surface area contributed by atoms with Gasteiger partial charge in [-0.3, -0.25) is 0 Å². The summed E-state index contributed by atoms with van der Waals surface area (Å²) in [5.74, 6) is 0.479. The Morgan fingerprint density at radius 2 is 1.62 bits per heavy atom. The Morgan fingerprint density at radius 3 is 2.14 bits per heavy atom. The predicted octanol–water partition coefficient (Wildman–Crippen LogP) is 4.45. The molecule has 2 nitrogen and oxygen atoms in total. The molecule has 3 rings (SSSR count). The molecule has 2 aromatic rings. The summed E-state index contributed by atoms with van der Waals surface area (Å²) >= 11 is 0. The minimum atomic E-state index is -0.177. The first-order valence-corrected chi connectivity index (χ1v) is 7.43. The van der Waals surface area contributed by atoms with Crippen LogP contribution in [0.2, 0.25) is 0 Å². The van der Waals surface area contributed by atoms with Gasteiger partial charge >= 0.3 is 0 Å². The number of nitrogens with one attached hydrogen (secondary N) is 1. The van der Waals surface area contributed by atoms with Crippen LogP contribution in [-0.2, 0) is 0 Å². The molecule has 1 aliphatic carbocycles. The average molecular weight is 284 g/mol. The summed E-state index contributed by atoms with van der Waals surface area (Å²) in [7, 11) is 4.07. The number of rotatable bonds is 5. The van der Waals surface area contributed by atoms with Crippen molar-refractivity contribution in [2.75, 3.05) is 24.3 Å². The van der Waals surface area contributed by atoms with Gasteiger partial charge in [0, 0.05) is 25.5 Å². The molecular formula is C18H21FN2. The van der Waals surface area contributed by atoms with E-state index in [9.17, 15) is 4.39 Å². The molecule has 1 N–H and O–H groups in total. The van der Waals surface area contributed by atoms with Gasteiger partial charge in [0.05, 0.1) is 6.04 Å². The summed E-state index contributed by atoms with van der Waals surface area (Å²) in [6, 6.07) is 15.6. The van der Waals surface area contributed by atoms with Crippen molar-refractivity contribution in [3.63, 3.8) is 0 Å². The molecular weight excluding hydrogens is 263 g/mol. The maximum Gasteiger partial charge on any atom is 0.123 e. The van der Waals surface area contributed by atoms with E-state index in [-0.39, 0.29) is 11.9 Å². The van der Waals surface area contributed by atoms with E-state index < -0.39 is 0 Å². The van der Waals surface area contributed by atoms with E-state index in [1.807, 2.05) is 26.2 Å². The number of hydrogen-bond acceptors (Lipinski definition) is 2. The van der Waals surface area contributed by atoms with Gasteiger partial charge < -0.3 is 10.2 Å². The van der Waals surface area contributed by atoms with Crippen LogP contribution >= 0.6 is 0 Å². The van der Waals surface area contributed by atoms with Crippen LogP contribution in [0.1, 0.15) is 24.4 Å². The van der Waals surface area contributed by atoms with Crippen LogP contribution in [0, 0.1) is 11.7 Å². The minimum Gasteiger partial charge on any atom is -0.378 e. The fraction of sp³-hybridized carbons (Fsp3) is 0.333. The number of anilines is 2. The van der Waals surface area contributed by atoms with Crippen LogP contribution in [0.4, 0.5) is 15.8 Å². The predicted molar refractivity (Wildman–Crippen MR) is 86.3 cm³/mol. The molecule has 0 radical (unpaired) electrons. The van der Waals surface area contributed by atoms with Gasteiger partial charge in [0.25, 0.3) is 0 Å². The number of hydrogen-bond donors (Lipinski definition) is 1. The van der Waals surface area contributed by atoms with Crippen LogP contribution in [-0.4, -0.2) is 14.1 Å². The number of benzene rings is 2. The van der Waals surface area contributed by atoms with Gasteiger partial charge in [0.1, 0.15) is 5.82 Å². The average Bonchev–Trinajstić information content (AvgIpc) is 3.31. The van der Waals surface area contributed by atoms with Crippen LogP contribution in [0.5, 0.6) is 0 Å². The molecule has 0 aromatic heterocycles. The summed E-state index contributed by atoms with van der Waals surface area (Å²) in [4.78, 5) is 2.09. The Balaban J connectivity index is 1.77. The van der Waals surface area contributed by atoms with E-state index >= 15 is 0 Å². The Kier molecular flexibility index (Phi) is 3.82. The SMILES string of the molecule is CN(C)c1ccc(NC(c2ccc(F)cc2)C2CC2)cc1. The zero-order chi connectivity index (χ0) is 14.8. The molecule has 1 aliphatic rings. The molecule has 0 heterocycles. The van der Waals surface area contributed by atoms with Crippen LogP contribution < -0.4 is 10.2 Å². The molecule has 0 amide bonds. The lowest BCUT2D eigenvalue weighted by molar-refractivity contribution is 0.622. The van der Waals surface area contributed by atoms with Crippen LogP contribution in [0.3, 0.4) is 0 Å². The maximum absolute atomic E-state index is 13.1. The lowest BCUT2D eigenvalue weighted by atomic mass is 10.0. The zero-order valence-corrected chi connectivity index (χ0v) is 12.5. The summed E-state index contributed by atoms with van der Waals surface area (Å²) in [6.07, 6.45) is 2.48. The molecule has 1 saturated carbocycles.